The van der Waals surface area contributed by atoms with Crippen LogP contribution >= 0.6 is 0 Å². The number of carboxylic acid groups (broad SMARTS) is 1. The number of hydrogen-bond donors (Lipinski definition) is 3. The molecule has 0 fully saturated rings. The molecule has 1 heterocycles. The SMILES string of the molecule is CC(C)NC(=O)C(C)n1nnc(C(=O)O)c1CCN. The van der Waals surface area contributed by atoms with Crippen molar-refractivity contribution in [3.8, 4) is 0 Å². The normalized spacial score (nSPS) is 12.5. The highest BCUT2D eigenvalue weighted by Crippen LogP contribution is 2.13. The molecular formula is C11H19N5O3. The molecule has 0 aliphatic heterocycles. The van der Waals surface area contributed by atoms with E-state index in [-0.39, 0.29) is 24.2 Å². The van der Waals surface area contributed by atoms with Crippen LogP contribution in [-0.4, -0.2) is 44.6 Å². The molecule has 8 nitrogen and oxygen atoms in total. The van der Waals surface area contributed by atoms with Crippen molar-refractivity contribution in [1.29, 1.82) is 0 Å². The van der Waals surface area contributed by atoms with Crippen LogP contribution in [0.15, 0.2) is 0 Å². The first-order valence-electron chi connectivity index (χ1n) is 6.06. The Morgan fingerprint density at radius 2 is 2.05 bits per heavy atom. The van der Waals surface area contributed by atoms with Crippen LogP contribution in [0.2, 0.25) is 0 Å². The van der Waals surface area contributed by atoms with Gasteiger partial charge in [0.15, 0.2) is 5.69 Å². The quantitative estimate of drug-likeness (QED) is 0.643. The van der Waals surface area contributed by atoms with Crippen molar-refractivity contribution >= 4 is 11.9 Å². The highest BCUT2D eigenvalue weighted by molar-refractivity contribution is 5.87. The lowest BCUT2D eigenvalue weighted by Gasteiger charge is -2.16. The molecule has 1 rings (SSSR count). The number of nitrogens with zero attached hydrogens (tertiary/aromatic N) is 3. The van der Waals surface area contributed by atoms with E-state index in [1.807, 2.05) is 13.8 Å². The first-order valence-corrected chi connectivity index (χ1v) is 6.06. The molecule has 1 atom stereocenters. The number of nitrogens with one attached hydrogen (secondary N) is 1. The van der Waals surface area contributed by atoms with E-state index in [2.05, 4.69) is 15.6 Å². The van der Waals surface area contributed by atoms with Crippen molar-refractivity contribution in [3.05, 3.63) is 11.4 Å². The van der Waals surface area contributed by atoms with Crippen LogP contribution in [0.3, 0.4) is 0 Å². The number of aromatic carboxylic acids is 1. The molecular weight excluding hydrogens is 250 g/mol. The van der Waals surface area contributed by atoms with Gasteiger partial charge in [0, 0.05) is 12.5 Å². The Bertz CT molecular complexity index is 469. The molecule has 4 N–H and O–H groups in total. The Balaban J connectivity index is 3.05. The van der Waals surface area contributed by atoms with Gasteiger partial charge in [0.25, 0.3) is 0 Å². The van der Waals surface area contributed by atoms with Crippen molar-refractivity contribution in [1.82, 2.24) is 20.3 Å². The molecule has 1 aromatic rings. The van der Waals surface area contributed by atoms with Crippen molar-refractivity contribution in [3.63, 3.8) is 0 Å². The minimum atomic E-state index is -1.17. The van der Waals surface area contributed by atoms with Gasteiger partial charge >= 0.3 is 5.97 Å². The van der Waals surface area contributed by atoms with Crippen LogP contribution in [0.25, 0.3) is 0 Å². The van der Waals surface area contributed by atoms with E-state index < -0.39 is 12.0 Å². The summed E-state index contributed by atoms with van der Waals surface area (Å²) in [6.07, 6.45) is 0.300. The molecule has 1 aromatic heterocycles. The predicted octanol–water partition coefficient (Wildman–Crippen LogP) is -0.437. The third-order valence-electron chi connectivity index (χ3n) is 2.55. The average molecular weight is 269 g/mol. The molecule has 0 saturated heterocycles. The summed E-state index contributed by atoms with van der Waals surface area (Å²) in [6.45, 7) is 5.58. The first-order chi connectivity index (χ1) is 8.88. The lowest BCUT2D eigenvalue weighted by Crippen LogP contribution is -2.36. The molecule has 106 valence electrons. The fourth-order valence-electron chi connectivity index (χ4n) is 1.68. The third-order valence-corrected chi connectivity index (χ3v) is 2.55. The topological polar surface area (TPSA) is 123 Å². The van der Waals surface area contributed by atoms with Crippen molar-refractivity contribution in [2.75, 3.05) is 6.54 Å². The number of aromatic nitrogens is 3. The van der Waals surface area contributed by atoms with Gasteiger partial charge in [0.2, 0.25) is 5.91 Å². The largest absolute Gasteiger partial charge is 0.476 e. The maximum absolute atomic E-state index is 11.9. The fourth-order valence-corrected chi connectivity index (χ4v) is 1.68. The van der Waals surface area contributed by atoms with E-state index in [0.717, 1.165) is 0 Å². The van der Waals surface area contributed by atoms with Gasteiger partial charge < -0.3 is 16.2 Å². The zero-order valence-corrected chi connectivity index (χ0v) is 11.3. The Morgan fingerprint density at radius 3 is 2.53 bits per heavy atom. The van der Waals surface area contributed by atoms with Crippen molar-refractivity contribution < 1.29 is 14.7 Å². The number of carbonyl (C=O) groups excluding carboxylic acids is 1. The molecule has 0 spiro atoms. The Labute approximate surface area is 111 Å². The van der Waals surface area contributed by atoms with E-state index >= 15 is 0 Å². The van der Waals surface area contributed by atoms with Crippen LogP contribution in [0.1, 0.15) is 43.0 Å². The Kier molecular flexibility index (Phi) is 4.99. The lowest BCUT2D eigenvalue weighted by atomic mass is 10.2. The lowest BCUT2D eigenvalue weighted by molar-refractivity contribution is -0.124. The minimum absolute atomic E-state index is 0.00428. The van der Waals surface area contributed by atoms with Crippen molar-refractivity contribution in [2.45, 2.75) is 39.3 Å². The summed E-state index contributed by atoms with van der Waals surface area (Å²) in [4.78, 5) is 22.9. The Morgan fingerprint density at radius 1 is 1.42 bits per heavy atom. The summed E-state index contributed by atoms with van der Waals surface area (Å²) in [5.74, 6) is -1.42. The number of rotatable bonds is 6. The summed E-state index contributed by atoms with van der Waals surface area (Å²) in [6, 6.07) is -0.639. The van der Waals surface area contributed by atoms with Crippen LogP contribution in [0.5, 0.6) is 0 Å². The van der Waals surface area contributed by atoms with Gasteiger partial charge in [0.05, 0.1) is 5.69 Å². The summed E-state index contributed by atoms with van der Waals surface area (Å²) in [5, 5.41) is 19.1. The second-order valence-electron chi connectivity index (χ2n) is 4.51. The van der Waals surface area contributed by atoms with Gasteiger partial charge in [-0.2, -0.15) is 0 Å². The van der Waals surface area contributed by atoms with Crippen LogP contribution in [0, 0.1) is 0 Å². The molecule has 0 aromatic carbocycles. The number of carbonyl (C=O) groups is 2. The van der Waals surface area contributed by atoms with Gasteiger partial charge in [-0.3, -0.25) is 4.79 Å². The van der Waals surface area contributed by atoms with E-state index in [1.165, 1.54) is 4.68 Å². The maximum atomic E-state index is 11.9. The Hall–Kier alpha value is -1.96. The van der Waals surface area contributed by atoms with Crippen molar-refractivity contribution in [2.24, 2.45) is 5.73 Å². The molecule has 19 heavy (non-hydrogen) atoms. The molecule has 0 aliphatic rings. The summed E-state index contributed by atoms with van der Waals surface area (Å²) < 4.78 is 1.31. The van der Waals surface area contributed by atoms with Gasteiger partial charge in [-0.1, -0.05) is 5.21 Å². The number of nitrogens with two attached hydrogens (primary N) is 1. The summed E-state index contributed by atoms with van der Waals surface area (Å²) in [5.41, 5.74) is 5.66. The third kappa shape index (κ3) is 3.50. The summed E-state index contributed by atoms with van der Waals surface area (Å²) >= 11 is 0. The number of carboxylic acids is 1. The first kappa shape index (κ1) is 15.1. The van der Waals surface area contributed by atoms with Gasteiger partial charge in [0.1, 0.15) is 6.04 Å². The molecule has 0 radical (unpaired) electrons. The van der Waals surface area contributed by atoms with E-state index in [1.54, 1.807) is 6.92 Å². The van der Waals surface area contributed by atoms with Gasteiger partial charge in [-0.25, -0.2) is 9.48 Å². The van der Waals surface area contributed by atoms with E-state index in [9.17, 15) is 9.59 Å². The minimum Gasteiger partial charge on any atom is -0.476 e. The number of hydrogen-bond acceptors (Lipinski definition) is 5. The van der Waals surface area contributed by atoms with Gasteiger partial charge in [-0.15, -0.1) is 5.10 Å². The maximum Gasteiger partial charge on any atom is 0.358 e. The fraction of sp³-hybridized carbons (Fsp3) is 0.636. The van der Waals surface area contributed by atoms with E-state index in [4.69, 9.17) is 10.8 Å². The standard InChI is InChI=1S/C11H19N5O3/c1-6(2)13-10(17)7(3)16-8(4-5-12)9(11(18)19)14-15-16/h6-7H,4-5,12H2,1-3H3,(H,13,17)(H,18,19). The van der Waals surface area contributed by atoms with Crippen LogP contribution < -0.4 is 11.1 Å². The monoisotopic (exact) mass is 269 g/mol. The second-order valence-corrected chi connectivity index (χ2v) is 4.51. The van der Waals surface area contributed by atoms with Gasteiger partial charge in [-0.05, 0) is 27.3 Å². The number of amides is 1. The highest BCUT2D eigenvalue weighted by atomic mass is 16.4. The molecule has 8 heteroatoms. The molecule has 0 saturated carbocycles. The average Bonchev–Trinajstić information content (AvgIpc) is 2.71. The van der Waals surface area contributed by atoms with Crippen LogP contribution in [-0.2, 0) is 11.2 Å². The van der Waals surface area contributed by atoms with Crippen LogP contribution in [0.4, 0.5) is 0 Å². The van der Waals surface area contributed by atoms with E-state index in [0.29, 0.717) is 12.1 Å². The highest BCUT2D eigenvalue weighted by Gasteiger charge is 2.25. The molecule has 1 unspecified atom stereocenters. The second kappa shape index (κ2) is 6.28. The zero-order valence-electron chi connectivity index (χ0n) is 11.3. The predicted molar refractivity (Wildman–Crippen MR) is 67.7 cm³/mol. The smallest absolute Gasteiger partial charge is 0.358 e. The summed E-state index contributed by atoms with van der Waals surface area (Å²) in [7, 11) is 0. The molecule has 0 aliphatic carbocycles. The molecule has 0 bridgehead atoms. The zero-order chi connectivity index (χ0) is 14.6. The molecule has 1 amide bonds.